The number of nitrogens with two attached hydrogens (primary N) is 1. The maximum absolute atomic E-state index is 13.9. The molecular formula is C16H18FNO2. The summed E-state index contributed by atoms with van der Waals surface area (Å²) in [6.45, 7) is 0. The van der Waals surface area contributed by atoms with Crippen LogP contribution in [-0.2, 0) is 6.42 Å². The van der Waals surface area contributed by atoms with E-state index in [1.54, 1.807) is 12.1 Å². The molecule has 0 fully saturated rings. The number of hydrogen-bond acceptors (Lipinski definition) is 3. The SMILES string of the molecule is COc1ccc([C@@H](N)[C@@H](O)Cc2ccccc2)c(F)c1. The zero-order valence-electron chi connectivity index (χ0n) is 11.3. The summed E-state index contributed by atoms with van der Waals surface area (Å²) in [4.78, 5) is 0. The van der Waals surface area contributed by atoms with E-state index in [4.69, 9.17) is 10.5 Å². The fourth-order valence-electron chi connectivity index (χ4n) is 2.09. The number of benzene rings is 2. The number of hydrogen-bond donors (Lipinski definition) is 2. The second kappa shape index (κ2) is 6.50. The summed E-state index contributed by atoms with van der Waals surface area (Å²) in [7, 11) is 1.47. The van der Waals surface area contributed by atoms with Crippen molar-refractivity contribution < 1.29 is 14.2 Å². The molecule has 0 aliphatic carbocycles. The van der Waals surface area contributed by atoms with Crippen LogP contribution < -0.4 is 10.5 Å². The Hall–Kier alpha value is -1.91. The van der Waals surface area contributed by atoms with Gasteiger partial charge in [0.15, 0.2) is 0 Å². The van der Waals surface area contributed by atoms with Gasteiger partial charge in [-0.1, -0.05) is 36.4 Å². The van der Waals surface area contributed by atoms with E-state index in [-0.39, 0.29) is 5.56 Å². The molecule has 0 aromatic heterocycles. The first-order valence-corrected chi connectivity index (χ1v) is 6.43. The van der Waals surface area contributed by atoms with Crippen LogP contribution in [0, 0.1) is 5.82 Å². The van der Waals surface area contributed by atoms with Gasteiger partial charge >= 0.3 is 0 Å². The first-order valence-electron chi connectivity index (χ1n) is 6.43. The average Bonchev–Trinajstić information content (AvgIpc) is 2.47. The van der Waals surface area contributed by atoms with Gasteiger partial charge in [-0.15, -0.1) is 0 Å². The lowest BCUT2D eigenvalue weighted by Gasteiger charge is -2.20. The Morgan fingerprint density at radius 2 is 1.90 bits per heavy atom. The maximum atomic E-state index is 13.9. The molecule has 0 radical (unpaired) electrons. The lowest BCUT2D eigenvalue weighted by molar-refractivity contribution is 0.143. The normalized spacial score (nSPS) is 13.8. The third-order valence-corrected chi connectivity index (χ3v) is 3.27. The van der Waals surface area contributed by atoms with Crippen LogP contribution in [0.15, 0.2) is 48.5 Å². The Morgan fingerprint density at radius 1 is 1.20 bits per heavy atom. The van der Waals surface area contributed by atoms with Crippen LogP contribution in [0.5, 0.6) is 5.75 Å². The minimum absolute atomic E-state index is 0.286. The molecule has 106 valence electrons. The van der Waals surface area contributed by atoms with E-state index in [2.05, 4.69) is 0 Å². The van der Waals surface area contributed by atoms with E-state index in [9.17, 15) is 9.50 Å². The van der Waals surface area contributed by atoms with Crippen LogP contribution in [0.3, 0.4) is 0 Å². The van der Waals surface area contributed by atoms with Gasteiger partial charge < -0.3 is 15.6 Å². The van der Waals surface area contributed by atoms with E-state index in [0.717, 1.165) is 5.56 Å². The average molecular weight is 275 g/mol. The highest BCUT2D eigenvalue weighted by Crippen LogP contribution is 2.24. The monoisotopic (exact) mass is 275 g/mol. The first-order chi connectivity index (χ1) is 9.61. The third-order valence-electron chi connectivity index (χ3n) is 3.27. The quantitative estimate of drug-likeness (QED) is 0.881. The predicted octanol–water partition coefficient (Wildman–Crippen LogP) is 2.44. The molecule has 2 rings (SSSR count). The Balaban J connectivity index is 2.12. The number of aliphatic hydroxyl groups is 1. The molecule has 2 aromatic carbocycles. The number of halogens is 1. The molecule has 0 saturated heterocycles. The molecule has 3 N–H and O–H groups in total. The Bertz CT molecular complexity index is 560. The van der Waals surface area contributed by atoms with Crippen molar-refractivity contribution in [3.8, 4) is 5.75 Å². The first kappa shape index (κ1) is 14.5. The summed E-state index contributed by atoms with van der Waals surface area (Å²) in [5, 5.41) is 10.2. The van der Waals surface area contributed by atoms with E-state index >= 15 is 0 Å². The molecule has 20 heavy (non-hydrogen) atoms. The van der Waals surface area contributed by atoms with E-state index < -0.39 is 18.0 Å². The molecule has 0 aliphatic rings. The van der Waals surface area contributed by atoms with Gasteiger partial charge in [-0.05, 0) is 11.6 Å². The lowest BCUT2D eigenvalue weighted by atomic mass is 9.96. The Morgan fingerprint density at radius 3 is 2.50 bits per heavy atom. The van der Waals surface area contributed by atoms with Gasteiger partial charge in [-0.2, -0.15) is 0 Å². The summed E-state index contributed by atoms with van der Waals surface area (Å²) in [6.07, 6.45) is -0.465. The van der Waals surface area contributed by atoms with Gasteiger partial charge in [0.1, 0.15) is 11.6 Å². The van der Waals surface area contributed by atoms with Gasteiger partial charge in [-0.25, -0.2) is 4.39 Å². The zero-order valence-corrected chi connectivity index (χ0v) is 11.3. The molecule has 3 nitrogen and oxygen atoms in total. The van der Waals surface area contributed by atoms with Crippen LogP contribution in [0.25, 0.3) is 0 Å². The molecule has 0 bridgehead atoms. The predicted molar refractivity (Wildman–Crippen MR) is 76.0 cm³/mol. The number of aliphatic hydroxyl groups excluding tert-OH is 1. The lowest BCUT2D eigenvalue weighted by Crippen LogP contribution is -2.28. The van der Waals surface area contributed by atoms with Crippen LogP contribution >= 0.6 is 0 Å². The van der Waals surface area contributed by atoms with Gasteiger partial charge in [0, 0.05) is 18.1 Å². The molecule has 0 heterocycles. The molecule has 0 unspecified atom stereocenters. The summed E-state index contributed by atoms with van der Waals surface area (Å²) < 4.78 is 18.9. The van der Waals surface area contributed by atoms with Gasteiger partial charge in [0.05, 0.1) is 19.3 Å². The molecule has 0 spiro atoms. The zero-order chi connectivity index (χ0) is 14.5. The number of methoxy groups -OCH3 is 1. The topological polar surface area (TPSA) is 55.5 Å². The maximum Gasteiger partial charge on any atom is 0.131 e. The smallest absolute Gasteiger partial charge is 0.131 e. The molecular weight excluding hydrogens is 257 g/mol. The highest BCUT2D eigenvalue weighted by atomic mass is 19.1. The molecule has 0 aliphatic heterocycles. The van der Waals surface area contributed by atoms with E-state index in [1.165, 1.54) is 13.2 Å². The second-order valence-corrected chi connectivity index (χ2v) is 4.67. The molecule has 2 atom stereocenters. The van der Waals surface area contributed by atoms with Crippen molar-refractivity contribution >= 4 is 0 Å². The summed E-state index contributed by atoms with van der Waals surface area (Å²) in [6, 6.07) is 13.2. The highest BCUT2D eigenvalue weighted by molar-refractivity contribution is 5.31. The molecule has 0 saturated carbocycles. The molecule has 4 heteroatoms. The largest absolute Gasteiger partial charge is 0.497 e. The molecule has 0 amide bonds. The van der Waals surface area contributed by atoms with Crippen LogP contribution in [-0.4, -0.2) is 18.3 Å². The minimum atomic E-state index is -0.847. The fraction of sp³-hybridized carbons (Fsp3) is 0.250. The fourth-order valence-corrected chi connectivity index (χ4v) is 2.09. The number of rotatable bonds is 5. The van der Waals surface area contributed by atoms with Crippen LogP contribution in [0.4, 0.5) is 4.39 Å². The van der Waals surface area contributed by atoms with Gasteiger partial charge in [0.25, 0.3) is 0 Å². The minimum Gasteiger partial charge on any atom is -0.497 e. The standard InChI is InChI=1S/C16H18FNO2/c1-20-12-7-8-13(14(17)10-12)16(18)15(19)9-11-5-3-2-4-6-11/h2-8,10,15-16,19H,9,18H2,1H3/t15-,16+/m0/s1. The molecule has 2 aromatic rings. The summed E-state index contributed by atoms with van der Waals surface area (Å²) in [5.74, 6) is -0.0417. The van der Waals surface area contributed by atoms with Crippen molar-refractivity contribution in [2.75, 3.05) is 7.11 Å². The van der Waals surface area contributed by atoms with Gasteiger partial charge in [0.2, 0.25) is 0 Å². The highest BCUT2D eigenvalue weighted by Gasteiger charge is 2.20. The van der Waals surface area contributed by atoms with Crippen LogP contribution in [0.1, 0.15) is 17.2 Å². The summed E-state index contributed by atoms with van der Waals surface area (Å²) >= 11 is 0. The van der Waals surface area contributed by atoms with Crippen molar-refractivity contribution in [1.29, 1.82) is 0 Å². The summed E-state index contributed by atoms with van der Waals surface area (Å²) in [5.41, 5.74) is 7.20. The van der Waals surface area contributed by atoms with Crippen molar-refractivity contribution in [3.05, 3.63) is 65.5 Å². The Labute approximate surface area is 117 Å². The number of ether oxygens (including phenoxy) is 1. The van der Waals surface area contributed by atoms with Crippen molar-refractivity contribution in [1.82, 2.24) is 0 Å². The van der Waals surface area contributed by atoms with E-state index in [1.807, 2.05) is 30.3 Å². The van der Waals surface area contributed by atoms with Crippen molar-refractivity contribution in [2.24, 2.45) is 5.73 Å². The third kappa shape index (κ3) is 3.35. The Kier molecular flexibility index (Phi) is 4.71. The van der Waals surface area contributed by atoms with Gasteiger partial charge in [-0.3, -0.25) is 0 Å². The van der Waals surface area contributed by atoms with Crippen molar-refractivity contribution in [3.63, 3.8) is 0 Å². The second-order valence-electron chi connectivity index (χ2n) is 4.67. The van der Waals surface area contributed by atoms with Crippen molar-refractivity contribution in [2.45, 2.75) is 18.6 Å². The van der Waals surface area contributed by atoms with Crippen LogP contribution in [0.2, 0.25) is 0 Å². The van der Waals surface area contributed by atoms with E-state index in [0.29, 0.717) is 12.2 Å².